The molecule has 154 valence electrons. The lowest BCUT2D eigenvalue weighted by Crippen LogP contribution is -2.11. The second-order valence-electron chi connectivity index (χ2n) is 6.61. The number of halogens is 4. The molecule has 2 aromatic heterocycles. The van der Waals surface area contributed by atoms with Crippen LogP contribution >= 0.6 is 11.6 Å². The summed E-state index contributed by atoms with van der Waals surface area (Å²) in [5, 5.41) is 29.3. The highest BCUT2D eigenvalue weighted by Crippen LogP contribution is 2.38. The monoisotopic (exact) mass is 434 g/mol. The summed E-state index contributed by atoms with van der Waals surface area (Å²) in [5.41, 5.74) is 0.960. The van der Waals surface area contributed by atoms with Crippen LogP contribution in [0.1, 0.15) is 35.6 Å². The highest BCUT2D eigenvalue weighted by atomic mass is 35.5. The number of allylic oxidation sites excluding steroid dienone is 1. The highest BCUT2D eigenvalue weighted by Gasteiger charge is 2.39. The van der Waals surface area contributed by atoms with Gasteiger partial charge in [0, 0.05) is 23.1 Å². The number of hydrogen-bond donors (Lipinski definition) is 2. The molecule has 2 heterocycles. The fraction of sp³-hybridized carbons (Fsp3) is 0.278. The molecule has 1 aliphatic carbocycles. The van der Waals surface area contributed by atoms with Crippen molar-refractivity contribution in [3.63, 3.8) is 0 Å². The van der Waals surface area contributed by atoms with Crippen molar-refractivity contribution in [2.24, 2.45) is 0 Å². The number of H-pyrrole nitrogens is 1. The number of nitrogens with one attached hydrogen (secondary N) is 2. The lowest BCUT2D eigenvalue weighted by molar-refractivity contribution is -0.142. The standard InChI is InChI=1S/C18H14ClF3N8/c19-13-7-11(24-9-10(8-23)17-25-28-29-26-17)5-6-15(13)30-14-4-2-1-3-12(14)16(27-30)18(20,21)22/h5-7,9,24H,1-4H2,(H,25,26,28,29). The molecule has 8 nitrogen and oxygen atoms in total. The number of fused-ring (bicyclic) bond motifs is 1. The zero-order valence-corrected chi connectivity index (χ0v) is 16.1. The van der Waals surface area contributed by atoms with Crippen LogP contribution in [0.4, 0.5) is 18.9 Å². The quantitative estimate of drug-likeness (QED) is 0.603. The molecule has 0 radical (unpaired) electrons. The zero-order valence-electron chi connectivity index (χ0n) is 15.3. The van der Waals surface area contributed by atoms with E-state index >= 15 is 0 Å². The topological polar surface area (TPSA) is 108 Å². The molecule has 4 rings (SSSR count). The molecule has 0 saturated carbocycles. The largest absolute Gasteiger partial charge is 0.435 e. The van der Waals surface area contributed by atoms with E-state index in [1.165, 1.54) is 10.9 Å². The summed E-state index contributed by atoms with van der Waals surface area (Å²) in [6.45, 7) is 0. The third-order valence-electron chi connectivity index (χ3n) is 4.71. The van der Waals surface area contributed by atoms with Crippen LogP contribution in [0, 0.1) is 11.3 Å². The van der Waals surface area contributed by atoms with Gasteiger partial charge in [0.25, 0.3) is 0 Å². The lowest BCUT2D eigenvalue weighted by Gasteiger charge is -2.15. The van der Waals surface area contributed by atoms with Crippen molar-refractivity contribution in [1.29, 1.82) is 5.26 Å². The first-order valence-corrected chi connectivity index (χ1v) is 9.35. The number of benzene rings is 1. The van der Waals surface area contributed by atoms with Crippen molar-refractivity contribution in [3.05, 3.63) is 52.2 Å². The number of anilines is 1. The fourth-order valence-electron chi connectivity index (χ4n) is 3.37. The maximum Gasteiger partial charge on any atom is 0.435 e. The van der Waals surface area contributed by atoms with Crippen LogP contribution in [0.3, 0.4) is 0 Å². The predicted molar refractivity (Wildman–Crippen MR) is 102 cm³/mol. The zero-order chi connectivity index (χ0) is 21.3. The summed E-state index contributed by atoms with van der Waals surface area (Å²) in [4.78, 5) is 0. The first-order chi connectivity index (χ1) is 14.4. The molecule has 1 aliphatic rings. The van der Waals surface area contributed by atoms with Crippen molar-refractivity contribution in [2.75, 3.05) is 5.32 Å². The lowest BCUT2D eigenvalue weighted by atomic mass is 9.95. The Morgan fingerprint density at radius 1 is 1.30 bits per heavy atom. The summed E-state index contributed by atoms with van der Waals surface area (Å²) in [6.07, 6.45) is -0.785. The minimum absolute atomic E-state index is 0.121. The van der Waals surface area contributed by atoms with Crippen molar-refractivity contribution in [3.8, 4) is 11.8 Å². The first-order valence-electron chi connectivity index (χ1n) is 8.97. The average Bonchev–Trinajstić information content (AvgIpc) is 3.37. The van der Waals surface area contributed by atoms with E-state index in [2.05, 4.69) is 31.0 Å². The molecule has 0 saturated heterocycles. The molecule has 0 amide bonds. The van der Waals surface area contributed by atoms with Crippen LogP contribution in [-0.4, -0.2) is 30.4 Å². The number of nitrogens with zero attached hydrogens (tertiary/aromatic N) is 6. The number of alkyl halides is 3. The predicted octanol–water partition coefficient (Wildman–Crippen LogP) is 3.91. The third-order valence-corrected chi connectivity index (χ3v) is 5.02. The first kappa shape index (κ1) is 19.9. The number of aromatic nitrogens is 6. The number of nitriles is 1. The van der Waals surface area contributed by atoms with E-state index in [1.54, 1.807) is 18.2 Å². The number of aromatic amines is 1. The smallest absolute Gasteiger partial charge is 0.360 e. The number of rotatable bonds is 4. The molecule has 0 fully saturated rings. The Bertz CT molecular complexity index is 1140. The summed E-state index contributed by atoms with van der Waals surface area (Å²) < 4.78 is 41.6. The molecule has 1 aromatic carbocycles. The Hall–Kier alpha value is -3.39. The average molecular weight is 435 g/mol. The van der Waals surface area contributed by atoms with Gasteiger partial charge in [0.1, 0.15) is 11.6 Å². The molecule has 12 heteroatoms. The van der Waals surface area contributed by atoms with Gasteiger partial charge >= 0.3 is 6.18 Å². The van der Waals surface area contributed by atoms with Gasteiger partial charge in [0.15, 0.2) is 5.69 Å². The van der Waals surface area contributed by atoms with Crippen molar-refractivity contribution >= 4 is 22.9 Å². The van der Waals surface area contributed by atoms with Crippen LogP contribution in [0.5, 0.6) is 0 Å². The van der Waals surface area contributed by atoms with Gasteiger partial charge in [-0.1, -0.05) is 11.6 Å². The molecule has 0 atom stereocenters. The maximum atomic E-state index is 13.4. The van der Waals surface area contributed by atoms with Gasteiger partial charge in [-0.2, -0.15) is 28.7 Å². The molecule has 0 aliphatic heterocycles. The van der Waals surface area contributed by atoms with Crippen LogP contribution in [0.2, 0.25) is 5.02 Å². The molecule has 30 heavy (non-hydrogen) atoms. The van der Waals surface area contributed by atoms with E-state index in [0.29, 0.717) is 36.3 Å². The molecular formula is C18H14ClF3N8. The minimum Gasteiger partial charge on any atom is -0.360 e. The molecule has 0 unspecified atom stereocenters. The molecule has 0 spiro atoms. The summed E-state index contributed by atoms with van der Waals surface area (Å²) in [5.74, 6) is 0.121. The van der Waals surface area contributed by atoms with Crippen LogP contribution in [-0.2, 0) is 19.0 Å². The molecule has 3 aromatic rings. The van der Waals surface area contributed by atoms with Gasteiger partial charge in [0.2, 0.25) is 5.82 Å². The Morgan fingerprint density at radius 3 is 2.77 bits per heavy atom. The molecular weight excluding hydrogens is 421 g/mol. The van der Waals surface area contributed by atoms with Gasteiger partial charge in [-0.15, -0.1) is 10.2 Å². The minimum atomic E-state index is -4.52. The summed E-state index contributed by atoms with van der Waals surface area (Å²) in [7, 11) is 0. The Balaban J connectivity index is 1.66. The van der Waals surface area contributed by atoms with Crippen LogP contribution in [0.25, 0.3) is 11.3 Å². The Morgan fingerprint density at radius 2 is 2.10 bits per heavy atom. The van der Waals surface area contributed by atoms with E-state index in [4.69, 9.17) is 11.6 Å². The van der Waals surface area contributed by atoms with Crippen LogP contribution < -0.4 is 5.32 Å². The molecule has 2 N–H and O–H groups in total. The van der Waals surface area contributed by atoms with E-state index in [0.717, 1.165) is 6.42 Å². The van der Waals surface area contributed by atoms with Gasteiger partial charge in [-0.25, -0.2) is 4.68 Å². The summed E-state index contributed by atoms with van der Waals surface area (Å²) >= 11 is 6.37. The third kappa shape index (κ3) is 3.73. The van der Waals surface area contributed by atoms with Crippen LogP contribution in [0.15, 0.2) is 24.4 Å². The van der Waals surface area contributed by atoms with E-state index in [9.17, 15) is 18.4 Å². The van der Waals surface area contributed by atoms with E-state index < -0.39 is 11.9 Å². The van der Waals surface area contributed by atoms with Crippen molar-refractivity contribution in [2.45, 2.75) is 31.9 Å². The maximum absolute atomic E-state index is 13.4. The number of tetrazole rings is 1. The van der Waals surface area contributed by atoms with Crippen molar-refractivity contribution in [1.82, 2.24) is 30.4 Å². The second-order valence-corrected chi connectivity index (χ2v) is 7.01. The van der Waals surface area contributed by atoms with Crippen molar-refractivity contribution < 1.29 is 13.2 Å². The normalized spacial score (nSPS) is 14.3. The number of hydrogen-bond acceptors (Lipinski definition) is 6. The molecule has 0 bridgehead atoms. The summed E-state index contributed by atoms with van der Waals surface area (Å²) in [6, 6.07) is 6.70. The van der Waals surface area contributed by atoms with Gasteiger partial charge in [-0.05, 0) is 49.1 Å². The Kier molecular flexibility index (Phi) is 5.17. The SMILES string of the molecule is N#CC(=CNc1ccc(-n2nc(C(F)(F)F)c3c2CCCC3)c(Cl)c1)c1nn[nH]n1. The fourth-order valence-corrected chi connectivity index (χ4v) is 3.63. The van der Waals surface area contributed by atoms with Gasteiger partial charge in [0.05, 0.1) is 10.7 Å². The van der Waals surface area contributed by atoms with Gasteiger partial charge in [-0.3, -0.25) is 0 Å². The second kappa shape index (κ2) is 7.79. The van der Waals surface area contributed by atoms with E-state index in [-0.39, 0.29) is 22.0 Å². The Labute approximate surface area is 173 Å². The highest BCUT2D eigenvalue weighted by molar-refractivity contribution is 6.32. The van der Waals surface area contributed by atoms with E-state index in [1.807, 2.05) is 6.07 Å². The van der Waals surface area contributed by atoms with Gasteiger partial charge < -0.3 is 5.32 Å².